The molecule has 0 radical (unpaired) electrons. The third-order valence-electron chi connectivity index (χ3n) is 5.41. The highest BCUT2D eigenvalue weighted by Gasteiger charge is 2.22. The highest BCUT2D eigenvalue weighted by atomic mass is 16.1. The molecule has 1 saturated heterocycles. The Morgan fingerprint density at radius 3 is 2.44 bits per heavy atom. The lowest BCUT2D eigenvalue weighted by molar-refractivity contribution is -0.121. The Labute approximate surface area is 162 Å². The molecule has 1 amide bonds. The van der Waals surface area contributed by atoms with Gasteiger partial charge in [-0.05, 0) is 51.4 Å². The molecule has 0 aliphatic carbocycles. The third kappa shape index (κ3) is 5.67. The Hall–Kier alpha value is -2.14. The van der Waals surface area contributed by atoms with Crippen molar-refractivity contribution < 1.29 is 4.79 Å². The van der Waals surface area contributed by atoms with Gasteiger partial charge in [-0.1, -0.05) is 43.2 Å². The molecule has 1 atom stereocenters. The summed E-state index contributed by atoms with van der Waals surface area (Å²) in [5.41, 5.74) is 3.39. The van der Waals surface area contributed by atoms with Crippen molar-refractivity contribution in [2.45, 2.75) is 58.5 Å². The summed E-state index contributed by atoms with van der Waals surface area (Å²) in [5, 5.41) is 7.61. The van der Waals surface area contributed by atoms with E-state index in [1.54, 1.807) is 0 Å². The molecule has 1 fully saturated rings. The molecule has 1 aromatic heterocycles. The zero-order valence-corrected chi connectivity index (χ0v) is 16.7. The Balaban J connectivity index is 1.58. The van der Waals surface area contributed by atoms with Crippen molar-refractivity contribution >= 4 is 5.91 Å². The summed E-state index contributed by atoms with van der Waals surface area (Å²) in [6.07, 6.45) is 5.58. The number of hydrogen-bond acceptors (Lipinski definition) is 3. The fraction of sp³-hybridized carbons (Fsp3) is 0.545. The number of rotatable bonds is 7. The van der Waals surface area contributed by atoms with Gasteiger partial charge in [-0.3, -0.25) is 14.4 Å². The summed E-state index contributed by atoms with van der Waals surface area (Å²) in [4.78, 5) is 15.0. The maximum atomic E-state index is 12.5. The normalized spacial score (nSPS) is 16.7. The number of benzene rings is 1. The molecule has 3 rings (SSSR count). The van der Waals surface area contributed by atoms with E-state index in [0.717, 1.165) is 24.5 Å². The van der Waals surface area contributed by atoms with Crippen molar-refractivity contribution in [3.05, 3.63) is 53.3 Å². The first kappa shape index (κ1) is 19.6. The minimum atomic E-state index is 0.0957. The molecule has 0 saturated carbocycles. The molecular weight excluding hydrogens is 336 g/mol. The number of nitrogens with zero attached hydrogens (tertiary/aromatic N) is 3. The van der Waals surface area contributed by atoms with E-state index in [4.69, 9.17) is 0 Å². The van der Waals surface area contributed by atoms with Crippen LogP contribution in [-0.4, -0.2) is 40.2 Å². The number of nitrogens with one attached hydrogen (secondary N) is 1. The Morgan fingerprint density at radius 1 is 1.11 bits per heavy atom. The van der Waals surface area contributed by atoms with Gasteiger partial charge in [0.15, 0.2) is 0 Å². The molecule has 1 N–H and O–H groups in total. The Morgan fingerprint density at radius 2 is 1.81 bits per heavy atom. The van der Waals surface area contributed by atoms with Crippen molar-refractivity contribution in [3.8, 4) is 0 Å². The van der Waals surface area contributed by atoms with Crippen LogP contribution in [0.1, 0.15) is 55.1 Å². The van der Waals surface area contributed by atoms with Crippen LogP contribution in [0.2, 0.25) is 0 Å². The molecule has 2 heterocycles. The SMILES string of the molecule is Cc1cc(C)n(CCC(=O)NC[C@H](c2ccccc2)N2CCCCCC2)n1. The number of amides is 1. The smallest absolute Gasteiger partial charge is 0.221 e. The van der Waals surface area contributed by atoms with E-state index in [-0.39, 0.29) is 11.9 Å². The van der Waals surface area contributed by atoms with E-state index in [1.807, 2.05) is 24.6 Å². The Kier molecular flexibility index (Phi) is 7.04. The second kappa shape index (κ2) is 9.70. The molecule has 5 heteroatoms. The van der Waals surface area contributed by atoms with E-state index in [1.165, 1.54) is 31.2 Å². The number of aryl methyl sites for hydroxylation is 3. The number of hydrogen-bond donors (Lipinski definition) is 1. The largest absolute Gasteiger partial charge is 0.354 e. The molecular formula is C22H32N4O. The van der Waals surface area contributed by atoms with E-state index < -0.39 is 0 Å². The molecule has 2 aromatic rings. The molecule has 0 spiro atoms. The monoisotopic (exact) mass is 368 g/mol. The van der Waals surface area contributed by atoms with E-state index in [2.05, 4.69) is 45.6 Å². The van der Waals surface area contributed by atoms with Crippen LogP contribution >= 0.6 is 0 Å². The number of carbonyl (C=O) groups excluding carboxylic acids is 1. The highest BCUT2D eigenvalue weighted by Crippen LogP contribution is 2.23. The standard InChI is InChI=1S/C22H32N4O/c1-18-16-19(2)26(24-18)15-12-22(27)23-17-21(20-10-6-5-7-11-20)25-13-8-3-4-9-14-25/h5-7,10-11,16,21H,3-4,8-9,12-15,17H2,1-2H3,(H,23,27)/t21-/m1/s1. The van der Waals surface area contributed by atoms with Gasteiger partial charge in [0.25, 0.3) is 0 Å². The lowest BCUT2D eigenvalue weighted by atomic mass is 10.0. The zero-order chi connectivity index (χ0) is 19.1. The summed E-state index contributed by atoms with van der Waals surface area (Å²) in [6.45, 7) is 7.53. The fourth-order valence-corrected chi connectivity index (χ4v) is 3.95. The highest BCUT2D eigenvalue weighted by molar-refractivity contribution is 5.75. The topological polar surface area (TPSA) is 50.2 Å². The summed E-state index contributed by atoms with van der Waals surface area (Å²) in [7, 11) is 0. The quantitative estimate of drug-likeness (QED) is 0.812. The van der Waals surface area contributed by atoms with Gasteiger partial charge < -0.3 is 5.32 Å². The number of likely N-dealkylation sites (tertiary alicyclic amines) is 1. The summed E-state index contributed by atoms with van der Waals surface area (Å²) < 4.78 is 1.92. The van der Waals surface area contributed by atoms with Crippen LogP contribution in [0.4, 0.5) is 0 Å². The number of aromatic nitrogens is 2. The molecule has 27 heavy (non-hydrogen) atoms. The molecule has 5 nitrogen and oxygen atoms in total. The lowest BCUT2D eigenvalue weighted by Crippen LogP contribution is -2.38. The lowest BCUT2D eigenvalue weighted by Gasteiger charge is -2.31. The molecule has 1 aromatic carbocycles. The molecule has 0 bridgehead atoms. The first-order valence-electron chi connectivity index (χ1n) is 10.2. The number of carbonyl (C=O) groups is 1. The summed E-state index contributed by atoms with van der Waals surface area (Å²) in [5.74, 6) is 0.0957. The molecule has 0 unspecified atom stereocenters. The van der Waals surface area contributed by atoms with Crippen molar-refractivity contribution in [2.75, 3.05) is 19.6 Å². The van der Waals surface area contributed by atoms with Gasteiger partial charge in [-0.15, -0.1) is 0 Å². The predicted molar refractivity (Wildman–Crippen MR) is 109 cm³/mol. The average Bonchev–Trinajstić information content (AvgIpc) is 2.86. The van der Waals surface area contributed by atoms with Crippen LogP contribution < -0.4 is 5.32 Å². The van der Waals surface area contributed by atoms with Crippen LogP contribution in [0.25, 0.3) is 0 Å². The van der Waals surface area contributed by atoms with Crippen molar-refractivity contribution in [1.29, 1.82) is 0 Å². The summed E-state index contributed by atoms with van der Waals surface area (Å²) >= 11 is 0. The van der Waals surface area contributed by atoms with Gasteiger partial charge in [0.1, 0.15) is 0 Å². The Bertz CT molecular complexity index is 717. The van der Waals surface area contributed by atoms with Gasteiger partial charge in [0.05, 0.1) is 11.7 Å². The van der Waals surface area contributed by atoms with Crippen LogP contribution in [0.3, 0.4) is 0 Å². The summed E-state index contributed by atoms with van der Waals surface area (Å²) in [6, 6.07) is 12.9. The molecule has 1 aliphatic heterocycles. The minimum absolute atomic E-state index is 0.0957. The average molecular weight is 369 g/mol. The van der Waals surface area contributed by atoms with Crippen molar-refractivity contribution in [3.63, 3.8) is 0 Å². The maximum absolute atomic E-state index is 12.5. The first-order chi connectivity index (χ1) is 13.1. The van der Waals surface area contributed by atoms with Crippen LogP contribution in [-0.2, 0) is 11.3 Å². The van der Waals surface area contributed by atoms with E-state index in [0.29, 0.717) is 19.5 Å². The van der Waals surface area contributed by atoms with Crippen LogP contribution in [0.5, 0.6) is 0 Å². The maximum Gasteiger partial charge on any atom is 0.221 e. The molecule has 146 valence electrons. The van der Waals surface area contributed by atoms with Crippen LogP contribution in [0, 0.1) is 13.8 Å². The zero-order valence-electron chi connectivity index (χ0n) is 16.7. The van der Waals surface area contributed by atoms with Gasteiger partial charge >= 0.3 is 0 Å². The van der Waals surface area contributed by atoms with Gasteiger partial charge in [-0.25, -0.2) is 0 Å². The van der Waals surface area contributed by atoms with Crippen LogP contribution in [0.15, 0.2) is 36.4 Å². The van der Waals surface area contributed by atoms with E-state index >= 15 is 0 Å². The van der Waals surface area contributed by atoms with E-state index in [9.17, 15) is 4.79 Å². The van der Waals surface area contributed by atoms with Crippen molar-refractivity contribution in [2.24, 2.45) is 0 Å². The predicted octanol–water partition coefficient (Wildman–Crippen LogP) is 3.62. The van der Waals surface area contributed by atoms with Crippen molar-refractivity contribution in [1.82, 2.24) is 20.0 Å². The van der Waals surface area contributed by atoms with Gasteiger partial charge in [0, 0.05) is 25.2 Å². The molecule has 1 aliphatic rings. The first-order valence-corrected chi connectivity index (χ1v) is 10.2. The second-order valence-electron chi connectivity index (χ2n) is 7.58. The second-order valence-corrected chi connectivity index (χ2v) is 7.58. The van der Waals surface area contributed by atoms with Gasteiger partial charge in [0.2, 0.25) is 5.91 Å². The minimum Gasteiger partial charge on any atom is -0.354 e. The van der Waals surface area contributed by atoms with Gasteiger partial charge in [-0.2, -0.15) is 5.10 Å². The third-order valence-corrected chi connectivity index (χ3v) is 5.41. The fourth-order valence-electron chi connectivity index (χ4n) is 3.95.